The number of carbonyl (C=O) groups is 3. The average molecular weight is 600 g/mol. The van der Waals surface area contributed by atoms with Crippen LogP contribution in [0.15, 0.2) is 18.2 Å². The second-order valence-electron chi connectivity index (χ2n) is 11.2. The summed E-state index contributed by atoms with van der Waals surface area (Å²) in [5.74, 6) is 1.14. The van der Waals surface area contributed by atoms with Crippen LogP contribution in [-0.2, 0) is 27.8 Å². The zero-order valence-electron chi connectivity index (χ0n) is 24.6. The average Bonchev–Trinajstić information content (AvgIpc) is 3.18. The Labute approximate surface area is 247 Å². The summed E-state index contributed by atoms with van der Waals surface area (Å²) in [4.78, 5) is 45.3. The smallest absolute Gasteiger partial charge is 0.408 e. The highest BCUT2D eigenvalue weighted by Gasteiger charge is 2.29. The van der Waals surface area contributed by atoms with Gasteiger partial charge >= 0.3 is 6.09 Å². The van der Waals surface area contributed by atoms with E-state index in [1.807, 2.05) is 43.7 Å². The Bertz CT molecular complexity index is 1140. The first-order chi connectivity index (χ1) is 18.8. The number of benzene rings is 1. The number of alkyl carbamates (subject to hydrolysis) is 1. The van der Waals surface area contributed by atoms with Crippen LogP contribution in [-0.4, -0.2) is 77.0 Å². The Balaban J connectivity index is 2.29. The van der Waals surface area contributed by atoms with Crippen LogP contribution in [0.2, 0.25) is 0 Å². The second-order valence-corrected chi connectivity index (χ2v) is 11.9. The van der Waals surface area contributed by atoms with E-state index >= 15 is 0 Å². The van der Waals surface area contributed by atoms with E-state index in [4.69, 9.17) is 32.9 Å². The fourth-order valence-corrected chi connectivity index (χ4v) is 4.78. The molecule has 0 saturated carbocycles. The fraction of sp³-hybridized carbons (Fsp3) is 0.643. The van der Waals surface area contributed by atoms with Gasteiger partial charge in [0.1, 0.15) is 23.5 Å². The van der Waals surface area contributed by atoms with Gasteiger partial charge in [0.15, 0.2) is 0 Å². The summed E-state index contributed by atoms with van der Waals surface area (Å²) in [6, 6.07) is 4.35. The van der Waals surface area contributed by atoms with Crippen molar-refractivity contribution < 1.29 is 19.1 Å². The maximum absolute atomic E-state index is 13.4. The highest BCUT2D eigenvalue weighted by molar-refractivity contribution is 6.18. The van der Waals surface area contributed by atoms with Crippen LogP contribution in [0.5, 0.6) is 0 Å². The molecule has 40 heavy (non-hydrogen) atoms. The van der Waals surface area contributed by atoms with Crippen molar-refractivity contribution in [1.29, 1.82) is 0 Å². The van der Waals surface area contributed by atoms with Crippen molar-refractivity contribution in [2.24, 2.45) is 13.0 Å². The Morgan fingerprint density at radius 2 is 1.70 bits per heavy atom. The van der Waals surface area contributed by atoms with Gasteiger partial charge in [0.2, 0.25) is 11.8 Å². The molecule has 0 radical (unpaired) electrons. The third-order valence-electron chi connectivity index (χ3n) is 6.28. The molecule has 0 aliphatic heterocycles. The molecule has 0 spiro atoms. The number of nitrogens with zero attached hydrogens (tertiary/aromatic N) is 3. The molecule has 10 nitrogen and oxygen atoms in total. The minimum atomic E-state index is -0.938. The van der Waals surface area contributed by atoms with Crippen LogP contribution >= 0.6 is 23.2 Å². The van der Waals surface area contributed by atoms with Crippen molar-refractivity contribution in [1.82, 2.24) is 25.5 Å². The number of carbonyl (C=O) groups excluding carboxylic acids is 3. The van der Waals surface area contributed by atoms with E-state index in [0.29, 0.717) is 37.7 Å². The lowest BCUT2D eigenvalue weighted by atomic mass is 10.0. The molecule has 2 atom stereocenters. The first-order valence-electron chi connectivity index (χ1n) is 13.6. The third kappa shape index (κ3) is 10.0. The number of aryl methyl sites for hydroxylation is 2. The van der Waals surface area contributed by atoms with E-state index in [1.165, 1.54) is 7.05 Å². The van der Waals surface area contributed by atoms with Gasteiger partial charge < -0.3 is 30.2 Å². The number of aromatic nitrogens is 2. The molecule has 1 aromatic heterocycles. The highest BCUT2D eigenvalue weighted by atomic mass is 35.5. The molecule has 3 amide bonds. The van der Waals surface area contributed by atoms with Gasteiger partial charge in [0, 0.05) is 51.1 Å². The van der Waals surface area contributed by atoms with Gasteiger partial charge in [-0.25, -0.2) is 9.78 Å². The number of halogens is 2. The second kappa shape index (κ2) is 15.3. The SMILES string of the molecule is CNC(=O)[C@H](CC(C)C)NC(=O)[C@H](CCc1nc2cc(N(CCCl)CCCl)ccc2n1C)NC(=O)OC(C)(C)C. The largest absolute Gasteiger partial charge is 0.444 e. The van der Waals surface area contributed by atoms with E-state index < -0.39 is 29.7 Å². The number of likely N-dealkylation sites (N-methyl/N-ethyl adjacent to an activating group) is 1. The van der Waals surface area contributed by atoms with Gasteiger partial charge in [0.05, 0.1) is 11.0 Å². The molecule has 0 saturated heterocycles. The van der Waals surface area contributed by atoms with Crippen LogP contribution in [0.4, 0.5) is 10.5 Å². The third-order valence-corrected chi connectivity index (χ3v) is 6.62. The molecule has 0 fully saturated rings. The zero-order chi connectivity index (χ0) is 30.0. The first kappa shape index (κ1) is 33.5. The van der Waals surface area contributed by atoms with E-state index in [9.17, 15) is 14.4 Å². The van der Waals surface area contributed by atoms with Crippen molar-refractivity contribution in [3.05, 3.63) is 24.0 Å². The van der Waals surface area contributed by atoms with Crippen LogP contribution in [0, 0.1) is 5.92 Å². The summed E-state index contributed by atoms with van der Waals surface area (Å²) in [6.45, 7) is 10.5. The first-order valence-corrected chi connectivity index (χ1v) is 14.7. The van der Waals surface area contributed by atoms with Crippen molar-refractivity contribution in [3.8, 4) is 0 Å². The number of hydrogen-bond acceptors (Lipinski definition) is 6. The van der Waals surface area contributed by atoms with Crippen molar-refractivity contribution in [2.45, 2.75) is 71.6 Å². The predicted molar refractivity (Wildman–Crippen MR) is 161 cm³/mol. The number of alkyl halides is 2. The number of rotatable bonds is 14. The molecular weight excluding hydrogens is 555 g/mol. The summed E-state index contributed by atoms with van der Waals surface area (Å²) >= 11 is 12.0. The van der Waals surface area contributed by atoms with Crippen molar-refractivity contribution >= 4 is 57.8 Å². The number of imidazole rings is 1. The van der Waals surface area contributed by atoms with Crippen molar-refractivity contribution in [3.63, 3.8) is 0 Å². The summed E-state index contributed by atoms with van der Waals surface area (Å²) in [6.07, 6.45) is 0.404. The van der Waals surface area contributed by atoms with Gasteiger partial charge in [0.25, 0.3) is 0 Å². The van der Waals surface area contributed by atoms with Gasteiger partial charge in [-0.15, -0.1) is 23.2 Å². The molecule has 0 unspecified atom stereocenters. The maximum Gasteiger partial charge on any atom is 0.408 e. The van der Waals surface area contributed by atoms with Gasteiger partial charge in [-0.05, 0) is 57.7 Å². The minimum absolute atomic E-state index is 0.176. The summed E-state index contributed by atoms with van der Waals surface area (Å²) in [7, 11) is 3.44. The van der Waals surface area contributed by atoms with Crippen LogP contribution < -0.4 is 20.9 Å². The number of fused-ring (bicyclic) bond motifs is 1. The molecule has 1 aromatic carbocycles. The topological polar surface area (TPSA) is 118 Å². The molecule has 2 aromatic rings. The molecule has 12 heteroatoms. The number of nitrogens with one attached hydrogen (secondary N) is 3. The quantitative estimate of drug-likeness (QED) is 0.283. The molecule has 0 aliphatic rings. The number of anilines is 1. The standard InChI is InChI=1S/C28H44Cl2N6O4/c1-18(2)16-22(25(37)31-6)33-26(38)20(34-27(39)40-28(3,4)5)9-11-24-32-21-17-19(8-10-23(21)35(24)7)36(14-12-29)15-13-30/h8,10,17-18,20,22H,9,11-16H2,1-7H3,(H,31,37)(H,33,38)(H,34,39)/t20-,22-/m0/s1. The number of amides is 3. The van der Waals surface area contributed by atoms with Crippen molar-refractivity contribution in [2.75, 3.05) is 36.8 Å². The van der Waals surface area contributed by atoms with Crippen LogP contribution in [0.25, 0.3) is 11.0 Å². The molecular formula is C28H44Cl2N6O4. The van der Waals surface area contributed by atoms with E-state index in [0.717, 1.165) is 22.5 Å². The molecule has 0 bridgehead atoms. The lowest BCUT2D eigenvalue weighted by Gasteiger charge is -2.25. The lowest BCUT2D eigenvalue weighted by molar-refractivity contribution is -0.130. The lowest BCUT2D eigenvalue weighted by Crippen LogP contribution is -2.54. The van der Waals surface area contributed by atoms with Gasteiger partial charge in [-0.2, -0.15) is 0 Å². The highest BCUT2D eigenvalue weighted by Crippen LogP contribution is 2.23. The summed E-state index contributed by atoms with van der Waals surface area (Å²) in [5, 5.41) is 8.10. The normalized spacial score (nSPS) is 13.2. The van der Waals surface area contributed by atoms with Gasteiger partial charge in [-0.1, -0.05) is 13.8 Å². The van der Waals surface area contributed by atoms with Crippen LogP contribution in [0.3, 0.4) is 0 Å². The summed E-state index contributed by atoms with van der Waals surface area (Å²) < 4.78 is 7.38. The minimum Gasteiger partial charge on any atom is -0.444 e. The number of ether oxygens (including phenoxy) is 1. The Kier molecular flexibility index (Phi) is 12.8. The monoisotopic (exact) mass is 598 g/mol. The van der Waals surface area contributed by atoms with E-state index in [1.54, 1.807) is 20.8 Å². The summed E-state index contributed by atoms with van der Waals surface area (Å²) in [5.41, 5.74) is 1.99. The van der Waals surface area contributed by atoms with Crippen LogP contribution in [0.1, 0.15) is 53.3 Å². The molecule has 3 N–H and O–H groups in total. The maximum atomic E-state index is 13.4. The molecule has 224 valence electrons. The Hall–Kier alpha value is -2.72. The Morgan fingerprint density at radius 1 is 1.05 bits per heavy atom. The molecule has 1 heterocycles. The molecule has 2 rings (SSSR count). The fourth-order valence-electron chi connectivity index (χ4n) is 4.37. The van der Waals surface area contributed by atoms with Gasteiger partial charge in [-0.3, -0.25) is 9.59 Å². The molecule has 0 aliphatic carbocycles. The Morgan fingerprint density at radius 3 is 2.25 bits per heavy atom. The zero-order valence-corrected chi connectivity index (χ0v) is 26.2. The predicted octanol–water partition coefficient (Wildman–Crippen LogP) is 3.96. The van der Waals surface area contributed by atoms with E-state index in [2.05, 4.69) is 20.9 Å². The van der Waals surface area contributed by atoms with E-state index in [-0.39, 0.29) is 18.2 Å². The number of hydrogen-bond donors (Lipinski definition) is 3.